The molecule has 1 aromatic rings. The highest BCUT2D eigenvalue weighted by Gasteiger charge is 2.33. The Balaban J connectivity index is 2.01. The van der Waals surface area contributed by atoms with Crippen LogP contribution in [0.25, 0.3) is 0 Å². The van der Waals surface area contributed by atoms with Gasteiger partial charge >= 0.3 is 0 Å². The van der Waals surface area contributed by atoms with Crippen LogP contribution in [-0.2, 0) is 6.42 Å². The van der Waals surface area contributed by atoms with Gasteiger partial charge in [-0.2, -0.15) is 11.3 Å². The van der Waals surface area contributed by atoms with Gasteiger partial charge in [0.1, 0.15) is 0 Å². The summed E-state index contributed by atoms with van der Waals surface area (Å²) in [5.74, 6) is 1.61. The predicted octanol–water partition coefficient (Wildman–Crippen LogP) is 3.83. The lowest BCUT2D eigenvalue weighted by atomic mass is 9.70. The van der Waals surface area contributed by atoms with E-state index in [9.17, 15) is 0 Å². The second-order valence-electron chi connectivity index (χ2n) is 5.77. The first-order valence-corrected chi connectivity index (χ1v) is 7.33. The molecule has 0 spiro atoms. The Bertz CT molecular complexity index is 317. The normalized spacial score (nSPS) is 30.9. The first kappa shape index (κ1) is 12.1. The van der Waals surface area contributed by atoms with E-state index in [-0.39, 0.29) is 5.54 Å². The molecule has 2 N–H and O–H groups in total. The van der Waals surface area contributed by atoms with Crippen molar-refractivity contribution in [1.82, 2.24) is 0 Å². The molecular formula is C14H23NS. The Morgan fingerprint density at radius 2 is 2.38 bits per heavy atom. The van der Waals surface area contributed by atoms with Crippen LogP contribution in [0.5, 0.6) is 0 Å². The summed E-state index contributed by atoms with van der Waals surface area (Å²) in [7, 11) is 0. The van der Waals surface area contributed by atoms with Gasteiger partial charge < -0.3 is 5.73 Å². The van der Waals surface area contributed by atoms with Crippen molar-refractivity contribution in [3.63, 3.8) is 0 Å². The van der Waals surface area contributed by atoms with Crippen molar-refractivity contribution >= 4 is 11.3 Å². The fraction of sp³-hybridized carbons (Fsp3) is 0.714. The Morgan fingerprint density at radius 1 is 1.56 bits per heavy atom. The minimum Gasteiger partial charge on any atom is -0.325 e. The minimum absolute atomic E-state index is 0.0637. The molecule has 1 heterocycles. The van der Waals surface area contributed by atoms with Crippen LogP contribution in [0, 0.1) is 11.8 Å². The summed E-state index contributed by atoms with van der Waals surface area (Å²) >= 11 is 1.78. The molecule has 0 bridgehead atoms. The quantitative estimate of drug-likeness (QED) is 0.849. The van der Waals surface area contributed by atoms with Gasteiger partial charge in [0.2, 0.25) is 0 Å². The molecule has 90 valence electrons. The van der Waals surface area contributed by atoms with Crippen molar-refractivity contribution in [2.75, 3.05) is 0 Å². The molecule has 2 rings (SSSR count). The highest BCUT2D eigenvalue weighted by molar-refractivity contribution is 7.07. The van der Waals surface area contributed by atoms with Gasteiger partial charge in [0.25, 0.3) is 0 Å². The zero-order valence-corrected chi connectivity index (χ0v) is 11.2. The van der Waals surface area contributed by atoms with Gasteiger partial charge in [0, 0.05) is 5.54 Å². The van der Waals surface area contributed by atoms with Crippen LogP contribution < -0.4 is 5.73 Å². The monoisotopic (exact) mass is 237 g/mol. The molecule has 0 aromatic carbocycles. The Labute approximate surface area is 103 Å². The van der Waals surface area contributed by atoms with Crippen molar-refractivity contribution < 1.29 is 0 Å². The van der Waals surface area contributed by atoms with Crippen LogP contribution in [-0.4, -0.2) is 5.54 Å². The van der Waals surface area contributed by atoms with Crippen LogP contribution in [0.15, 0.2) is 16.8 Å². The topological polar surface area (TPSA) is 26.0 Å². The SMILES string of the molecule is CC(C)C1CCCC(N)(Cc2ccsc2)C1. The number of hydrogen-bond donors (Lipinski definition) is 1. The number of thiophene rings is 1. The van der Waals surface area contributed by atoms with Crippen LogP contribution >= 0.6 is 11.3 Å². The highest BCUT2D eigenvalue weighted by Crippen LogP contribution is 2.36. The zero-order valence-electron chi connectivity index (χ0n) is 10.4. The molecule has 0 amide bonds. The Hall–Kier alpha value is -0.340. The van der Waals surface area contributed by atoms with Gasteiger partial charge in [-0.25, -0.2) is 0 Å². The molecule has 1 saturated carbocycles. The summed E-state index contributed by atoms with van der Waals surface area (Å²) in [6, 6.07) is 2.22. The number of hydrogen-bond acceptors (Lipinski definition) is 2. The molecule has 2 unspecified atom stereocenters. The van der Waals surface area contributed by atoms with Gasteiger partial charge in [0.05, 0.1) is 0 Å². The first-order valence-electron chi connectivity index (χ1n) is 6.39. The molecular weight excluding hydrogens is 214 g/mol. The van der Waals surface area contributed by atoms with Gasteiger partial charge in [-0.1, -0.05) is 26.7 Å². The molecule has 1 nitrogen and oxygen atoms in total. The molecule has 0 saturated heterocycles. The summed E-state index contributed by atoms with van der Waals surface area (Å²) in [4.78, 5) is 0. The lowest BCUT2D eigenvalue weighted by molar-refractivity contribution is 0.182. The Kier molecular flexibility index (Phi) is 3.70. The minimum atomic E-state index is 0.0637. The number of rotatable bonds is 3. The van der Waals surface area contributed by atoms with Crippen LogP contribution in [0.1, 0.15) is 45.1 Å². The van der Waals surface area contributed by atoms with Crippen LogP contribution in [0.3, 0.4) is 0 Å². The molecule has 1 fully saturated rings. The lowest BCUT2D eigenvalue weighted by Gasteiger charge is -2.39. The summed E-state index contributed by atoms with van der Waals surface area (Å²) < 4.78 is 0. The third-order valence-electron chi connectivity index (χ3n) is 4.00. The van der Waals surface area contributed by atoms with E-state index in [0.29, 0.717) is 0 Å². The fourth-order valence-corrected chi connectivity index (χ4v) is 3.64. The summed E-state index contributed by atoms with van der Waals surface area (Å²) in [5, 5.41) is 4.40. The van der Waals surface area contributed by atoms with E-state index in [1.807, 2.05) is 0 Å². The molecule has 0 radical (unpaired) electrons. The number of nitrogens with two attached hydrogens (primary N) is 1. The lowest BCUT2D eigenvalue weighted by Crippen LogP contribution is -2.47. The highest BCUT2D eigenvalue weighted by atomic mass is 32.1. The summed E-state index contributed by atoms with van der Waals surface area (Å²) in [6.07, 6.45) is 6.16. The third-order valence-corrected chi connectivity index (χ3v) is 4.73. The fourth-order valence-electron chi connectivity index (χ4n) is 2.97. The van der Waals surface area contributed by atoms with E-state index in [0.717, 1.165) is 18.3 Å². The maximum atomic E-state index is 6.58. The van der Waals surface area contributed by atoms with Crippen molar-refractivity contribution in [1.29, 1.82) is 0 Å². The molecule has 1 aromatic heterocycles. The van der Waals surface area contributed by atoms with Crippen molar-refractivity contribution in [2.45, 2.75) is 51.5 Å². The third kappa shape index (κ3) is 2.86. The van der Waals surface area contributed by atoms with Crippen molar-refractivity contribution in [2.24, 2.45) is 17.6 Å². The molecule has 2 heteroatoms. The van der Waals surface area contributed by atoms with E-state index in [1.165, 1.54) is 31.2 Å². The van der Waals surface area contributed by atoms with E-state index >= 15 is 0 Å². The first-order chi connectivity index (χ1) is 7.59. The van der Waals surface area contributed by atoms with Crippen LogP contribution in [0.4, 0.5) is 0 Å². The second kappa shape index (κ2) is 4.89. The van der Waals surface area contributed by atoms with E-state index in [2.05, 4.69) is 30.7 Å². The maximum Gasteiger partial charge on any atom is 0.0198 e. The molecule has 0 aliphatic heterocycles. The van der Waals surface area contributed by atoms with Crippen molar-refractivity contribution in [3.05, 3.63) is 22.4 Å². The standard InChI is InChI=1S/C14H23NS/c1-11(2)13-4-3-6-14(15,9-13)8-12-5-7-16-10-12/h5,7,10-11,13H,3-4,6,8-9,15H2,1-2H3. The molecule has 1 aliphatic rings. The van der Waals surface area contributed by atoms with E-state index in [4.69, 9.17) is 5.73 Å². The molecule has 16 heavy (non-hydrogen) atoms. The summed E-state index contributed by atoms with van der Waals surface area (Å²) in [5.41, 5.74) is 8.07. The second-order valence-corrected chi connectivity index (χ2v) is 6.55. The summed E-state index contributed by atoms with van der Waals surface area (Å²) in [6.45, 7) is 4.67. The van der Waals surface area contributed by atoms with E-state index < -0.39 is 0 Å². The van der Waals surface area contributed by atoms with Gasteiger partial charge in [-0.15, -0.1) is 0 Å². The molecule has 2 atom stereocenters. The Morgan fingerprint density at radius 3 is 3.00 bits per heavy atom. The predicted molar refractivity (Wildman–Crippen MR) is 71.7 cm³/mol. The van der Waals surface area contributed by atoms with Gasteiger partial charge in [-0.3, -0.25) is 0 Å². The van der Waals surface area contributed by atoms with Crippen molar-refractivity contribution in [3.8, 4) is 0 Å². The average Bonchev–Trinajstić information content (AvgIpc) is 2.69. The average molecular weight is 237 g/mol. The van der Waals surface area contributed by atoms with Gasteiger partial charge in [-0.05, 0) is 53.5 Å². The zero-order chi connectivity index (χ0) is 11.6. The maximum absolute atomic E-state index is 6.58. The smallest absolute Gasteiger partial charge is 0.0198 e. The van der Waals surface area contributed by atoms with Gasteiger partial charge in [0.15, 0.2) is 0 Å². The molecule has 1 aliphatic carbocycles. The van der Waals surface area contributed by atoms with E-state index in [1.54, 1.807) is 11.3 Å². The van der Waals surface area contributed by atoms with Crippen LogP contribution in [0.2, 0.25) is 0 Å². The largest absolute Gasteiger partial charge is 0.325 e.